The molecule has 0 aromatic heterocycles. The molecule has 0 radical (unpaired) electrons. The molecule has 70 valence electrons. The molecule has 0 aromatic rings. The Morgan fingerprint density at radius 3 is 2.36 bits per heavy atom. The third-order valence-electron chi connectivity index (χ3n) is 0.775. The largest absolute Gasteiger partial charge is 1.00 e. The highest BCUT2D eigenvalue weighted by Gasteiger charge is 2.09. The van der Waals surface area contributed by atoms with Crippen LogP contribution in [0.2, 0.25) is 0 Å². The molecule has 0 unspecified atom stereocenters. The zero-order chi connectivity index (χ0) is 8.04. The van der Waals surface area contributed by atoms with E-state index in [1.165, 1.54) is 0 Å². The van der Waals surface area contributed by atoms with Gasteiger partial charge in [-0.05, 0) is 10.8 Å². The normalized spacial score (nSPS) is 10.7. The maximum Gasteiger partial charge on any atom is 0.207 e. The van der Waals surface area contributed by atoms with Gasteiger partial charge in [0.2, 0.25) is 8.87 Å². The fourth-order valence-electron chi connectivity index (χ4n) is 0.411. The minimum absolute atomic E-state index is 0. The first kappa shape index (κ1) is 14.1. The van der Waals surface area contributed by atoms with Crippen molar-refractivity contribution in [1.29, 1.82) is 0 Å². The first-order valence-electron chi connectivity index (χ1n) is 2.99. The van der Waals surface area contributed by atoms with Crippen LogP contribution in [-0.2, 0) is 8.87 Å². The van der Waals surface area contributed by atoms with E-state index in [4.69, 9.17) is 5.73 Å². The van der Waals surface area contributed by atoms with Gasteiger partial charge in [0.05, 0.1) is 6.54 Å². The molecule has 0 aliphatic carbocycles. The average Bonchev–Trinajstić information content (AvgIpc) is 1.84. The summed E-state index contributed by atoms with van der Waals surface area (Å²) in [5, 5.41) is 0. The number of rotatable bonds is 5. The van der Waals surface area contributed by atoms with Crippen molar-refractivity contribution in [1.82, 2.24) is 0 Å². The predicted octanol–water partition coefficient (Wildman–Crippen LogP) is -4.75. The second-order valence-electron chi connectivity index (χ2n) is 1.73. The van der Waals surface area contributed by atoms with Crippen LogP contribution in [0, 0.1) is 0 Å². The Balaban J connectivity index is 0. The maximum atomic E-state index is 10.9. The summed E-state index contributed by atoms with van der Waals surface area (Å²) in [6.45, 7) is 0.834. The van der Waals surface area contributed by atoms with Crippen molar-refractivity contribution in [3.05, 3.63) is 0 Å². The zero-order valence-corrected chi connectivity index (χ0v) is 8.51. The van der Waals surface area contributed by atoms with Crippen molar-refractivity contribution in [3.8, 4) is 0 Å². The molecular formula is C4H13ClN2O2S2. The van der Waals surface area contributed by atoms with Crippen molar-refractivity contribution in [2.45, 2.75) is 0 Å². The van der Waals surface area contributed by atoms with Gasteiger partial charge in [0, 0.05) is 12.3 Å². The summed E-state index contributed by atoms with van der Waals surface area (Å²) in [6, 6.07) is 0. The molecule has 0 heterocycles. The maximum absolute atomic E-state index is 10.9. The quantitative estimate of drug-likeness (QED) is 0.456. The van der Waals surface area contributed by atoms with E-state index in [-0.39, 0.29) is 18.2 Å². The lowest BCUT2D eigenvalue weighted by Crippen LogP contribution is -3.00. The molecule has 11 heavy (non-hydrogen) atoms. The van der Waals surface area contributed by atoms with E-state index in [0.29, 0.717) is 18.8 Å². The third kappa shape index (κ3) is 8.42. The number of hydrogen-bond donors (Lipinski definition) is 2. The zero-order valence-electron chi connectivity index (χ0n) is 6.12. The van der Waals surface area contributed by atoms with E-state index in [1.54, 1.807) is 0 Å². The van der Waals surface area contributed by atoms with E-state index in [9.17, 15) is 8.42 Å². The second-order valence-corrected chi connectivity index (χ2v) is 6.12. The lowest BCUT2D eigenvalue weighted by atomic mass is 10.8. The Hall–Kier alpha value is 0.510. The van der Waals surface area contributed by atoms with Gasteiger partial charge in [-0.15, -0.1) is 0 Å². The van der Waals surface area contributed by atoms with Gasteiger partial charge in [0.15, 0.2) is 0 Å². The summed E-state index contributed by atoms with van der Waals surface area (Å²) in [5.74, 6) is 0.625. The van der Waals surface area contributed by atoms with Crippen LogP contribution in [0.25, 0.3) is 0 Å². The molecule has 0 fully saturated rings. The van der Waals surface area contributed by atoms with Crippen molar-refractivity contribution in [2.75, 3.05) is 24.6 Å². The van der Waals surface area contributed by atoms with Crippen molar-refractivity contribution < 1.29 is 26.6 Å². The Morgan fingerprint density at radius 2 is 2.00 bits per heavy atom. The van der Waals surface area contributed by atoms with Gasteiger partial charge in [-0.3, -0.25) is 0 Å². The molecule has 0 aromatic carbocycles. The van der Waals surface area contributed by atoms with E-state index in [0.717, 1.165) is 10.8 Å². The molecule has 0 aliphatic heterocycles. The fourth-order valence-corrected chi connectivity index (χ4v) is 2.99. The number of hydrogen-bond acceptors (Lipinski definition) is 4. The summed E-state index contributed by atoms with van der Waals surface area (Å²) in [5.41, 5.74) is 8.59. The molecule has 0 saturated heterocycles. The highest BCUT2D eigenvalue weighted by molar-refractivity contribution is 8.72. The topological polar surface area (TPSA) is 87.8 Å². The molecular weight excluding hydrogens is 208 g/mol. The molecule has 0 spiro atoms. The van der Waals surface area contributed by atoms with Crippen molar-refractivity contribution >= 4 is 19.7 Å². The van der Waals surface area contributed by atoms with Crippen LogP contribution in [0.15, 0.2) is 0 Å². The lowest BCUT2D eigenvalue weighted by molar-refractivity contribution is -0.360. The van der Waals surface area contributed by atoms with Crippen LogP contribution in [0.1, 0.15) is 0 Å². The summed E-state index contributed by atoms with van der Waals surface area (Å²) in [4.78, 5) is 0. The Labute approximate surface area is 76.8 Å². The monoisotopic (exact) mass is 220 g/mol. The van der Waals surface area contributed by atoms with E-state index in [2.05, 4.69) is 5.73 Å². The Bertz CT molecular complexity index is 171. The van der Waals surface area contributed by atoms with Crippen LogP contribution >= 0.6 is 10.8 Å². The standard InChI is InChI=1S/C4H12N2O2S2.ClH/c5-1-3-9-10(7,8)4-2-6;/h1-6H2;1H. The Morgan fingerprint density at radius 1 is 1.45 bits per heavy atom. The molecule has 0 atom stereocenters. The average molecular weight is 221 g/mol. The SMILES string of the molecule is NCCSS(=O)(=O)CC[NH3+].[Cl-]. The predicted molar refractivity (Wildman–Crippen MR) is 43.1 cm³/mol. The van der Waals surface area contributed by atoms with Crippen LogP contribution in [-0.4, -0.2) is 33.0 Å². The molecule has 7 heteroatoms. The number of quaternary nitrogens is 1. The fraction of sp³-hybridized carbons (Fsp3) is 1.00. The summed E-state index contributed by atoms with van der Waals surface area (Å²) < 4.78 is 21.7. The van der Waals surface area contributed by atoms with Crippen LogP contribution in [0.4, 0.5) is 0 Å². The molecule has 0 aliphatic rings. The first-order valence-corrected chi connectivity index (χ1v) is 6.14. The summed E-state index contributed by atoms with van der Waals surface area (Å²) >= 11 is 0. The molecule has 0 saturated carbocycles. The van der Waals surface area contributed by atoms with Gasteiger partial charge in [0.1, 0.15) is 5.75 Å². The van der Waals surface area contributed by atoms with Crippen molar-refractivity contribution in [2.24, 2.45) is 5.73 Å². The van der Waals surface area contributed by atoms with Crippen LogP contribution in [0.5, 0.6) is 0 Å². The molecule has 5 N–H and O–H groups in total. The molecule has 0 rings (SSSR count). The third-order valence-corrected chi connectivity index (χ3v) is 4.40. The Kier molecular flexibility index (Phi) is 9.17. The van der Waals surface area contributed by atoms with Crippen molar-refractivity contribution in [3.63, 3.8) is 0 Å². The van der Waals surface area contributed by atoms with Gasteiger partial charge >= 0.3 is 0 Å². The highest BCUT2D eigenvalue weighted by Crippen LogP contribution is 2.10. The molecule has 4 nitrogen and oxygen atoms in total. The number of halogens is 1. The minimum Gasteiger partial charge on any atom is -1.00 e. The number of nitrogens with two attached hydrogens (primary N) is 1. The van der Waals surface area contributed by atoms with E-state index in [1.807, 2.05) is 0 Å². The van der Waals surface area contributed by atoms with Crippen LogP contribution in [0.3, 0.4) is 0 Å². The van der Waals surface area contributed by atoms with E-state index < -0.39 is 8.87 Å². The second kappa shape index (κ2) is 7.17. The highest BCUT2D eigenvalue weighted by atomic mass is 35.5. The summed E-state index contributed by atoms with van der Waals surface area (Å²) in [7, 11) is -2.01. The van der Waals surface area contributed by atoms with E-state index >= 15 is 0 Å². The smallest absolute Gasteiger partial charge is 0.207 e. The van der Waals surface area contributed by atoms with Crippen LogP contribution < -0.4 is 23.9 Å². The van der Waals surface area contributed by atoms with Gasteiger partial charge in [-0.1, -0.05) is 0 Å². The van der Waals surface area contributed by atoms with Gasteiger partial charge in [-0.2, -0.15) is 0 Å². The lowest BCUT2D eigenvalue weighted by Gasteiger charge is -1.97. The van der Waals surface area contributed by atoms with Gasteiger partial charge in [-0.25, -0.2) is 8.42 Å². The first-order chi connectivity index (χ1) is 4.62. The van der Waals surface area contributed by atoms with Gasteiger partial charge in [0.25, 0.3) is 0 Å². The summed E-state index contributed by atoms with van der Waals surface area (Å²) in [6.07, 6.45) is 0. The molecule has 0 amide bonds. The minimum atomic E-state index is -2.92. The van der Waals surface area contributed by atoms with Gasteiger partial charge < -0.3 is 23.9 Å². The molecule has 0 bridgehead atoms.